The Balaban J connectivity index is 1.50. The lowest BCUT2D eigenvalue weighted by atomic mass is 10.1. The second-order valence-electron chi connectivity index (χ2n) is 5.61. The molecule has 0 aliphatic rings. The zero-order valence-electron chi connectivity index (χ0n) is 13.9. The number of carbonyl (C=O) groups is 1. The van der Waals surface area contributed by atoms with E-state index in [-0.39, 0.29) is 12.1 Å². The van der Waals surface area contributed by atoms with E-state index in [2.05, 4.69) is 27.9 Å². The van der Waals surface area contributed by atoms with E-state index in [4.69, 9.17) is 4.42 Å². The van der Waals surface area contributed by atoms with Crippen LogP contribution < -0.4 is 16.0 Å². The lowest BCUT2D eigenvalue weighted by Gasteiger charge is -2.16. The first-order chi connectivity index (χ1) is 12.2. The molecule has 2 heterocycles. The maximum absolute atomic E-state index is 11.9. The van der Waals surface area contributed by atoms with Crippen molar-refractivity contribution in [2.45, 2.75) is 19.5 Å². The Morgan fingerprint density at radius 1 is 1.08 bits per heavy atom. The monoisotopic (exact) mass is 336 g/mol. The average Bonchev–Trinajstić information content (AvgIpc) is 3.16. The predicted molar refractivity (Wildman–Crippen MR) is 97.3 cm³/mol. The number of rotatable bonds is 6. The van der Waals surface area contributed by atoms with Crippen molar-refractivity contribution in [3.8, 4) is 0 Å². The molecule has 1 aromatic carbocycles. The van der Waals surface area contributed by atoms with Gasteiger partial charge < -0.3 is 20.4 Å². The van der Waals surface area contributed by atoms with Crippen LogP contribution in [0.3, 0.4) is 0 Å². The van der Waals surface area contributed by atoms with Crippen LogP contribution in [0.4, 0.5) is 16.2 Å². The van der Waals surface area contributed by atoms with Gasteiger partial charge in [-0.05, 0) is 61.0 Å². The topological polar surface area (TPSA) is 79.2 Å². The summed E-state index contributed by atoms with van der Waals surface area (Å²) < 4.78 is 5.17. The average molecular weight is 336 g/mol. The number of nitrogens with zero attached hydrogens (tertiary/aromatic N) is 1. The van der Waals surface area contributed by atoms with E-state index in [1.54, 1.807) is 24.7 Å². The fraction of sp³-hybridized carbons (Fsp3) is 0.158. The number of aromatic nitrogens is 1. The number of amides is 2. The Hall–Kier alpha value is -3.28. The number of hydrogen-bond donors (Lipinski definition) is 3. The van der Waals surface area contributed by atoms with Crippen LogP contribution in [-0.2, 0) is 6.54 Å². The molecule has 2 aromatic heterocycles. The molecule has 3 N–H and O–H groups in total. The summed E-state index contributed by atoms with van der Waals surface area (Å²) in [5.41, 5.74) is 2.86. The van der Waals surface area contributed by atoms with Crippen molar-refractivity contribution in [1.82, 2.24) is 10.3 Å². The van der Waals surface area contributed by atoms with E-state index < -0.39 is 0 Å². The third kappa shape index (κ3) is 4.84. The summed E-state index contributed by atoms with van der Waals surface area (Å²) in [5, 5.41) is 8.94. The number of carbonyl (C=O) groups excluding carboxylic acids is 1. The van der Waals surface area contributed by atoms with E-state index in [0.717, 1.165) is 16.9 Å². The Labute approximate surface area is 146 Å². The van der Waals surface area contributed by atoms with Crippen LogP contribution in [0, 0.1) is 0 Å². The molecule has 25 heavy (non-hydrogen) atoms. The van der Waals surface area contributed by atoms with Crippen molar-refractivity contribution in [3.05, 3.63) is 78.5 Å². The molecular weight excluding hydrogens is 316 g/mol. The number of hydrogen-bond acceptors (Lipinski definition) is 4. The van der Waals surface area contributed by atoms with Gasteiger partial charge in [-0.3, -0.25) is 4.98 Å². The van der Waals surface area contributed by atoms with Gasteiger partial charge >= 0.3 is 6.03 Å². The number of benzene rings is 1. The van der Waals surface area contributed by atoms with Crippen molar-refractivity contribution >= 4 is 17.4 Å². The minimum atomic E-state index is -0.276. The molecule has 0 saturated carbocycles. The summed E-state index contributed by atoms with van der Waals surface area (Å²) in [7, 11) is 0. The van der Waals surface area contributed by atoms with E-state index in [0.29, 0.717) is 12.3 Å². The van der Waals surface area contributed by atoms with Gasteiger partial charge in [0.05, 0.1) is 12.8 Å². The summed E-state index contributed by atoms with van der Waals surface area (Å²) in [5.74, 6) is 0.708. The predicted octanol–water partition coefficient (Wildman–Crippen LogP) is 4.17. The maximum Gasteiger partial charge on any atom is 0.319 e. The quantitative estimate of drug-likeness (QED) is 0.631. The molecule has 1 atom stereocenters. The van der Waals surface area contributed by atoms with Crippen molar-refractivity contribution in [2.75, 3.05) is 10.6 Å². The van der Waals surface area contributed by atoms with Crippen molar-refractivity contribution < 1.29 is 9.21 Å². The molecule has 3 aromatic rings. The van der Waals surface area contributed by atoms with E-state index in [1.807, 2.05) is 42.5 Å². The highest BCUT2D eigenvalue weighted by Gasteiger charge is 2.06. The second-order valence-corrected chi connectivity index (χ2v) is 5.61. The molecule has 3 rings (SSSR count). The standard InChI is InChI=1S/C19H20N4O2/c1-14(15-8-10-20-11-9-15)22-16-4-6-17(7-5-16)23-19(24)21-13-18-3-2-12-25-18/h2-12,14,22H,13H2,1H3,(H2,21,23,24)/t14-/m1/s1. The summed E-state index contributed by atoms with van der Waals surface area (Å²) in [6, 6.07) is 15.0. The first-order valence-corrected chi connectivity index (χ1v) is 8.04. The molecule has 2 amide bonds. The summed E-state index contributed by atoms with van der Waals surface area (Å²) in [6.45, 7) is 2.44. The van der Waals surface area contributed by atoms with Gasteiger partial charge in [-0.15, -0.1) is 0 Å². The highest BCUT2D eigenvalue weighted by molar-refractivity contribution is 5.89. The van der Waals surface area contributed by atoms with Gasteiger partial charge in [0.25, 0.3) is 0 Å². The van der Waals surface area contributed by atoms with Gasteiger partial charge in [-0.1, -0.05) is 0 Å². The fourth-order valence-electron chi connectivity index (χ4n) is 2.39. The molecular formula is C19H20N4O2. The largest absolute Gasteiger partial charge is 0.467 e. The summed E-state index contributed by atoms with van der Waals surface area (Å²) in [6.07, 6.45) is 5.14. The van der Waals surface area contributed by atoms with Crippen molar-refractivity contribution in [3.63, 3.8) is 0 Å². The van der Waals surface area contributed by atoms with E-state index in [9.17, 15) is 4.79 Å². The molecule has 128 valence electrons. The minimum Gasteiger partial charge on any atom is -0.467 e. The van der Waals surface area contributed by atoms with Crippen LogP contribution in [0.1, 0.15) is 24.3 Å². The Kier molecular flexibility index (Phi) is 5.31. The third-order valence-corrected chi connectivity index (χ3v) is 3.74. The van der Waals surface area contributed by atoms with Gasteiger partial charge in [0.2, 0.25) is 0 Å². The maximum atomic E-state index is 11.9. The van der Waals surface area contributed by atoms with Crippen molar-refractivity contribution in [2.24, 2.45) is 0 Å². The number of anilines is 2. The molecule has 0 spiro atoms. The fourth-order valence-corrected chi connectivity index (χ4v) is 2.39. The van der Waals surface area contributed by atoms with Gasteiger partial charge in [-0.25, -0.2) is 4.79 Å². The summed E-state index contributed by atoms with van der Waals surface area (Å²) >= 11 is 0. The van der Waals surface area contributed by atoms with Gasteiger partial charge in [-0.2, -0.15) is 0 Å². The van der Waals surface area contributed by atoms with Gasteiger partial charge in [0, 0.05) is 29.8 Å². The number of pyridine rings is 1. The molecule has 0 aliphatic heterocycles. The second kappa shape index (κ2) is 8.01. The first kappa shape index (κ1) is 16.6. The number of furan rings is 1. The molecule has 6 heteroatoms. The zero-order chi connectivity index (χ0) is 17.5. The molecule has 6 nitrogen and oxygen atoms in total. The van der Waals surface area contributed by atoms with E-state index in [1.165, 1.54) is 0 Å². The van der Waals surface area contributed by atoms with Crippen LogP contribution >= 0.6 is 0 Å². The van der Waals surface area contributed by atoms with Crippen LogP contribution in [0.25, 0.3) is 0 Å². The van der Waals surface area contributed by atoms with E-state index >= 15 is 0 Å². The first-order valence-electron chi connectivity index (χ1n) is 8.04. The molecule has 0 saturated heterocycles. The molecule has 0 unspecified atom stereocenters. The lowest BCUT2D eigenvalue weighted by Crippen LogP contribution is -2.27. The SMILES string of the molecule is C[C@@H](Nc1ccc(NC(=O)NCc2ccco2)cc1)c1ccncc1. The minimum absolute atomic E-state index is 0.165. The highest BCUT2D eigenvalue weighted by atomic mass is 16.3. The van der Waals surface area contributed by atoms with Crippen LogP contribution in [0.15, 0.2) is 71.6 Å². The zero-order valence-corrected chi connectivity index (χ0v) is 13.9. The summed E-state index contributed by atoms with van der Waals surface area (Å²) in [4.78, 5) is 15.9. The Bertz CT molecular complexity index is 786. The lowest BCUT2D eigenvalue weighted by molar-refractivity contribution is 0.251. The van der Waals surface area contributed by atoms with Gasteiger partial charge in [0.15, 0.2) is 0 Å². The van der Waals surface area contributed by atoms with Crippen LogP contribution in [0.2, 0.25) is 0 Å². The molecule has 0 bridgehead atoms. The van der Waals surface area contributed by atoms with Crippen molar-refractivity contribution in [1.29, 1.82) is 0 Å². The third-order valence-electron chi connectivity index (χ3n) is 3.74. The number of urea groups is 1. The van der Waals surface area contributed by atoms with Crippen LogP contribution in [-0.4, -0.2) is 11.0 Å². The molecule has 0 aliphatic carbocycles. The molecule has 0 radical (unpaired) electrons. The van der Waals surface area contributed by atoms with Crippen LogP contribution in [0.5, 0.6) is 0 Å². The Morgan fingerprint density at radius 2 is 1.80 bits per heavy atom. The molecule has 0 fully saturated rings. The normalized spacial score (nSPS) is 11.6. The smallest absolute Gasteiger partial charge is 0.319 e. The highest BCUT2D eigenvalue weighted by Crippen LogP contribution is 2.20. The van der Waals surface area contributed by atoms with Gasteiger partial charge in [0.1, 0.15) is 5.76 Å². The number of nitrogens with one attached hydrogen (secondary N) is 3. The Morgan fingerprint density at radius 3 is 2.48 bits per heavy atom.